The fraction of sp³-hybridized carbons (Fsp3) is 0.556. The summed E-state index contributed by atoms with van der Waals surface area (Å²) in [6.07, 6.45) is 0. The summed E-state index contributed by atoms with van der Waals surface area (Å²) in [5.41, 5.74) is 1.17. The monoisotopic (exact) mass is 427 g/mol. The summed E-state index contributed by atoms with van der Waals surface area (Å²) in [5, 5.41) is 2.90. The summed E-state index contributed by atoms with van der Waals surface area (Å²) in [5.74, 6) is 0.672. The molecule has 1 heterocycles. The minimum absolute atomic E-state index is 0.0519. The summed E-state index contributed by atoms with van der Waals surface area (Å²) < 4.78 is 1.05. The number of piperazine rings is 1. The minimum atomic E-state index is 0.0519. The van der Waals surface area contributed by atoms with E-state index in [-0.39, 0.29) is 17.9 Å². The third-order valence-corrected chi connectivity index (χ3v) is 5.68. The van der Waals surface area contributed by atoms with E-state index in [2.05, 4.69) is 39.1 Å². The molecule has 0 aromatic heterocycles. The Morgan fingerprint density at radius 2 is 1.92 bits per heavy atom. The topological polar surface area (TPSA) is 52.7 Å². The molecule has 0 unspecified atom stereocenters. The highest BCUT2D eigenvalue weighted by Gasteiger charge is 2.22. The zero-order valence-electron chi connectivity index (χ0n) is 15.0. The SMILES string of the molecule is Cc1cc(Br)ccc1SCC(=O)N1CCN(CC(=O)NC(C)C)CC1. The first kappa shape index (κ1) is 20.3. The maximum atomic E-state index is 12.4. The zero-order valence-corrected chi connectivity index (χ0v) is 17.5. The highest BCUT2D eigenvalue weighted by Crippen LogP contribution is 2.25. The highest BCUT2D eigenvalue weighted by molar-refractivity contribution is 9.10. The smallest absolute Gasteiger partial charge is 0.234 e. The molecule has 1 N–H and O–H groups in total. The molecule has 1 aromatic rings. The first-order valence-electron chi connectivity index (χ1n) is 8.53. The number of benzene rings is 1. The number of nitrogens with zero attached hydrogens (tertiary/aromatic N) is 2. The van der Waals surface area contributed by atoms with Gasteiger partial charge in [0, 0.05) is 41.6 Å². The molecule has 1 aliphatic rings. The summed E-state index contributed by atoms with van der Waals surface area (Å²) in [4.78, 5) is 29.4. The van der Waals surface area contributed by atoms with Gasteiger partial charge in [-0.15, -0.1) is 11.8 Å². The molecular formula is C18H26BrN3O2S. The molecule has 7 heteroatoms. The second-order valence-corrected chi connectivity index (χ2v) is 8.51. The molecule has 2 rings (SSSR count). The van der Waals surface area contributed by atoms with Gasteiger partial charge in [-0.1, -0.05) is 15.9 Å². The molecule has 0 aliphatic carbocycles. The zero-order chi connectivity index (χ0) is 18.4. The first-order valence-corrected chi connectivity index (χ1v) is 10.3. The highest BCUT2D eigenvalue weighted by atomic mass is 79.9. The van der Waals surface area contributed by atoms with Crippen LogP contribution in [-0.4, -0.2) is 66.1 Å². The molecule has 2 amide bonds. The maximum absolute atomic E-state index is 12.4. The Hall–Kier alpha value is -1.05. The lowest BCUT2D eigenvalue weighted by atomic mass is 10.2. The van der Waals surface area contributed by atoms with E-state index in [1.807, 2.05) is 30.9 Å². The van der Waals surface area contributed by atoms with Crippen LogP contribution in [0.4, 0.5) is 0 Å². The van der Waals surface area contributed by atoms with E-state index < -0.39 is 0 Å². The van der Waals surface area contributed by atoms with Gasteiger partial charge in [0.2, 0.25) is 11.8 Å². The Labute approximate surface area is 162 Å². The number of hydrogen-bond donors (Lipinski definition) is 1. The van der Waals surface area contributed by atoms with Crippen LogP contribution in [0.25, 0.3) is 0 Å². The lowest BCUT2D eigenvalue weighted by molar-refractivity contribution is -0.130. The van der Waals surface area contributed by atoms with Crippen molar-refractivity contribution in [1.29, 1.82) is 0 Å². The Kier molecular flexibility index (Phi) is 7.78. The number of thioether (sulfide) groups is 1. The van der Waals surface area contributed by atoms with Crippen LogP contribution in [0, 0.1) is 6.92 Å². The maximum Gasteiger partial charge on any atom is 0.234 e. The van der Waals surface area contributed by atoms with E-state index >= 15 is 0 Å². The summed E-state index contributed by atoms with van der Waals surface area (Å²) in [7, 11) is 0. The van der Waals surface area contributed by atoms with Gasteiger partial charge in [0.25, 0.3) is 0 Å². The number of aryl methyl sites for hydroxylation is 1. The van der Waals surface area contributed by atoms with Crippen molar-refractivity contribution in [3.8, 4) is 0 Å². The summed E-state index contributed by atoms with van der Waals surface area (Å²) >= 11 is 5.04. The number of hydrogen-bond acceptors (Lipinski definition) is 4. The fourth-order valence-electron chi connectivity index (χ4n) is 2.73. The van der Waals surface area contributed by atoms with E-state index in [9.17, 15) is 9.59 Å². The van der Waals surface area contributed by atoms with E-state index in [1.165, 1.54) is 5.56 Å². The van der Waals surface area contributed by atoms with Crippen LogP contribution in [0.3, 0.4) is 0 Å². The Balaban J connectivity index is 1.74. The van der Waals surface area contributed by atoms with Crippen LogP contribution >= 0.6 is 27.7 Å². The summed E-state index contributed by atoms with van der Waals surface area (Å²) in [6.45, 7) is 9.25. The minimum Gasteiger partial charge on any atom is -0.353 e. The molecular weight excluding hydrogens is 402 g/mol. The number of halogens is 1. The van der Waals surface area contributed by atoms with Gasteiger partial charge in [0.1, 0.15) is 0 Å². The van der Waals surface area contributed by atoms with Gasteiger partial charge in [-0.3, -0.25) is 14.5 Å². The van der Waals surface area contributed by atoms with Crippen molar-refractivity contribution in [2.45, 2.75) is 31.7 Å². The van der Waals surface area contributed by atoms with Gasteiger partial charge in [-0.2, -0.15) is 0 Å². The van der Waals surface area contributed by atoms with Crippen molar-refractivity contribution in [3.05, 3.63) is 28.2 Å². The van der Waals surface area contributed by atoms with Gasteiger partial charge >= 0.3 is 0 Å². The van der Waals surface area contributed by atoms with Crippen molar-refractivity contribution < 1.29 is 9.59 Å². The largest absolute Gasteiger partial charge is 0.353 e. The molecule has 1 saturated heterocycles. The van der Waals surface area contributed by atoms with Crippen molar-refractivity contribution >= 4 is 39.5 Å². The quantitative estimate of drug-likeness (QED) is 0.708. The normalized spacial score (nSPS) is 15.5. The molecule has 5 nitrogen and oxygen atoms in total. The van der Waals surface area contributed by atoms with Crippen molar-refractivity contribution in [3.63, 3.8) is 0 Å². The summed E-state index contributed by atoms with van der Waals surface area (Å²) in [6, 6.07) is 6.27. The lowest BCUT2D eigenvalue weighted by Gasteiger charge is -2.34. The predicted molar refractivity (Wildman–Crippen MR) is 106 cm³/mol. The van der Waals surface area contributed by atoms with Crippen LogP contribution < -0.4 is 5.32 Å². The Bertz CT molecular complexity index is 616. The number of nitrogens with one attached hydrogen (secondary N) is 1. The van der Waals surface area contributed by atoms with Gasteiger partial charge in [-0.25, -0.2) is 0 Å². The van der Waals surface area contributed by atoms with E-state index in [1.54, 1.807) is 11.8 Å². The number of amides is 2. The molecule has 0 saturated carbocycles. The molecule has 0 atom stereocenters. The standard InChI is InChI=1S/C18H26BrN3O2S/c1-13(2)20-17(23)11-21-6-8-22(9-7-21)18(24)12-25-16-5-4-15(19)10-14(16)3/h4-5,10,13H,6-9,11-12H2,1-3H3,(H,20,23). The lowest BCUT2D eigenvalue weighted by Crippen LogP contribution is -2.52. The fourth-order valence-corrected chi connectivity index (χ4v) is 4.12. The van der Waals surface area contributed by atoms with E-state index in [4.69, 9.17) is 0 Å². The van der Waals surface area contributed by atoms with Crippen molar-refractivity contribution in [2.24, 2.45) is 0 Å². The molecule has 138 valence electrons. The van der Waals surface area contributed by atoms with E-state index in [0.29, 0.717) is 25.4 Å². The van der Waals surface area contributed by atoms with Gasteiger partial charge in [0.05, 0.1) is 12.3 Å². The molecule has 25 heavy (non-hydrogen) atoms. The number of carbonyl (C=O) groups excluding carboxylic acids is 2. The Morgan fingerprint density at radius 3 is 2.52 bits per heavy atom. The van der Waals surface area contributed by atoms with Crippen LogP contribution in [0.15, 0.2) is 27.6 Å². The molecule has 1 aromatic carbocycles. The third-order valence-electron chi connectivity index (χ3n) is 4.03. The third kappa shape index (κ3) is 6.64. The van der Waals surface area contributed by atoms with Crippen LogP contribution in [0.1, 0.15) is 19.4 Å². The molecule has 0 bridgehead atoms. The van der Waals surface area contributed by atoms with Gasteiger partial charge < -0.3 is 10.2 Å². The number of rotatable bonds is 6. The molecule has 1 fully saturated rings. The van der Waals surface area contributed by atoms with Crippen LogP contribution in [0.2, 0.25) is 0 Å². The first-order chi connectivity index (χ1) is 11.8. The number of carbonyl (C=O) groups is 2. The molecule has 0 radical (unpaired) electrons. The average Bonchev–Trinajstić information content (AvgIpc) is 2.53. The second kappa shape index (κ2) is 9.59. The van der Waals surface area contributed by atoms with Crippen molar-refractivity contribution in [2.75, 3.05) is 38.5 Å². The van der Waals surface area contributed by atoms with Crippen LogP contribution in [0.5, 0.6) is 0 Å². The predicted octanol–water partition coefficient (Wildman–Crippen LogP) is 2.52. The molecule has 0 spiro atoms. The second-order valence-electron chi connectivity index (χ2n) is 6.58. The molecule has 1 aliphatic heterocycles. The van der Waals surface area contributed by atoms with Gasteiger partial charge in [0.15, 0.2) is 0 Å². The average molecular weight is 428 g/mol. The van der Waals surface area contributed by atoms with Crippen molar-refractivity contribution in [1.82, 2.24) is 15.1 Å². The van der Waals surface area contributed by atoms with Crippen LogP contribution in [-0.2, 0) is 9.59 Å². The van der Waals surface area contributed by atoms with Gasteiger partial charge in [-0.05, 0) is 44.5 Å². The van der Waals surface area contributed by atoms with E-state index in [0.717, 1.165) is 22.5 Å². The Morgan fingerprint density at radius 1 is 1.24 bits per heavy atom.